The molecule has 6 nitrogen and oxygen atoms in total. The van der Waals surface area contributed by atoms with Crippen molar-refractivity contribution in [3.63, 3.8) is 0 Å². The molecule has 0 aliphatic heterocycles. The van der Waals surface area contributed by atoms with Crippen molar-refractivity contribution < 1.29 is 14.7 Å². The van der Waals surface area contributed by atoms with Gasteiger partial charge in [-0.15, -0.1) is 0 Å². The fourth-order valence-electron chi connectivity index (χ4n) is 2.80. The SMILES string of the molecule is CC(C)C[C@@H](NC(=O)N(C)CC1(N(C)C)CCC1)C(=O)O. The predicted octanol–water partition coefficient (Wildman–Crippen LogP) is 1.61. The Morgan fingerprint density at radius 3 is 2.14 bits per heavy atom. The molecule has 0 unspecified atom stereocenters. The first-order valence-electron chi connectivity index (χ1n) is 7.60. The highest BCUT2D eigenvalue weighted by Gasteiger charge is 2.41. The van der Waals surface area contributed by atoms with E-state index in [0.717, 1.165) is 12.8 Å². The zero-order valence-electron chi connectivity index (χ0n) is 13.8. The van der Waals surface area contributed by atoms with Crippen LogP contribution in [0.25, 0.3) is 0 Å². The zero-order chi connectivity index (χ0) is 16.2. The Balaban J connectivity index is 2.59. The van der Waals surface area contributed by atoms with Gasteiger partial charge < -0.3 is 20.2 Å². The van der Waals surface area contributed by atoms with Crippen LogP contribution in [-0.2, 0) is 4.79 Å². The van der Waals surface area contributed by atoms with Crippen molar-refractivity contribution in [1.29, 1.82) is 0 Å². The number of amides is 2. The fraction of sp³-hybridized carbons (Fsp3) is 0.867. The standard InChI is InChI=1S/C15H29N3O3/c1-11(2)9-12(13(19)20)16-14(21)18(5)10-15(17(3)4)7-6-8-15/h11-12H,6-10H2,1-5H3,(H,16,21)(H,19,20)/t12-/m1/s1. The molecule has 0 aromatic carbocycles. The molecule has 1 atom stereocenters. The number of carbonyl (C=O) groups is 2. The maximum atomic E-state index is 12.2. The normalized spacial score (nSPS) is 18.2. The van der Waals surface area contributed by atoms with E-state index in [1.807, 2.05) is 27.9 Å². The smallest absolute Gasteiger partial charge is 0.326 e. The van der Waals surface area contributed by atoms with E-state index in [9.17, 15) is 14.7 Å². The lowest BCUT2D eigenvalue weighted by molar-refractivity contribution is -0.139. The number of nitrogens with one attached hydrogen (secondary N) is 1. The lowest BCUT2D eigenvalue weighted by Gasteiger charge is -2.49. The molecule has 0 radical (unpaired) electrons. The summed E-state index contributed by atoms with van der Waals surface area (Å²) in [7, 11) is 5.79. The molecule has 0 spiro atoms. The predicted molar refractivity (Wildman–Crippen MR) is 82.3 cm³/mol. The van der Waals surface area contributed by atoms with Crippen LogP contribution < -0.4 is 5.32 Å². The summed E-state index contributed by atoms with van der Waals surface area (Å²) in [5, 5.41) is 11.8. The van der Waals surface area contributed by atoms with Crippen LogP contribution in [-0.4, -0.2) is 66.2 Å². The minimum atomic E-state index is -0.976. The van der Waals surface area contributed by atoms with Gasteiger partial charge in [-0.25, -0.2) is 9.59 Å². The van der Waals surface area contributed by atoms with E-state index in [0.29, 0.717) is 13.0 Å². The molecule has 1 rings (SSSR count). The summed E-state index contributed by atoms with van der Waals surface area (Å²) in [4.78, 5) is 27.2. The molecule has 6 heteroatoms. The lowest BCUT2D eigenvalue weighted by atomic mass is 9.75. The summed E-state index contributed by atoms with van der Waals surface area (Å²) in [5.41, 5.74) is 0.0445. The van der Waals surface area contributed by atoms with E-state index in [1.54, 1.807) is 11.9 Å². The monoisotopic (exact) mass is 299 g/mol. The summed E-state index contributed by atoms with van der Waals surface area (Å²) in [6, 6.07) is -1.13. The van der Waals surface area contributed by atoms with Gasteiger partial charge in [-0.05, 0) is 45.7 Å². The van der Waals surface area contributed by atoms with Crippen molar-refractivity contribution in [3.05, 3.63) is 0 Å². The molecule has 0 aromatic heterocycles. The van der Waals surface area contributed by atoms with Gasteiger partial charge in [0.15, 0.2) is 0 Å². The van der Waals surface area contributed by atoms with E-state index >= 15 is 0 Å². The maximum absolute atomic E-state index is 12.2. The molecule has 2 N–H and O–H groups in total. The number of aliphatic carboxylic acids is 1. The van der Waals surface area contributed by atoms with Gasteiger partial charge >= 0.3 is 12.0 Å². The Hall–Kier alpha value is -1.30. The Morgan fingerprint density at radius 1 is 1.24 bits per heavy atom. The highest BCUT2D eigenvalue weighted by atomic mass is 16.4. The number of carboxylic acid groups (broad SMARTS) is 1. The van der Waals surface area contributed by atoms with Crippen LogP contribution in [0.3, 0.4) is 0 Å². The van der Waals surface area contributed by atoms with Gasteiger partial charge in [0.25, 0.3) is 0 Å². The number of rotatable bonds is 7. The first-order chi connectivity index (χ1) is 9.68. The van der Waals surface area contributed by atoms with Crippen molar-refractivity contribution in [1.82, 2.24) is 15.1 Å². The van der Waals surface area contributed by atoms with Gasteiger partial charge in [0.05, 0.1) is 0 Å². The average molecular weight is 299 g/mol. The highest BCUT2D eigenvalue weighted by Crippen LogP contribution is 2.36. The molecule has 1 saturated carbocycles. The second kappa shape index (κ2) is 7.11. The van der Waals surface area contributed by atoms with Crippen molar-refractivity contribution >= 4 is 12.0 Å². The first-order valence-corrected chi connectivity index (χ1v) is 7.60. The number of hydrogen-bond acceptors (Lipinski definition) is 3. The minimum Gasteiger partial charge on any atom is -0.480 e. The molecule has 1 aliphatic carbocycles. The zero-order valence-corrected chi connectivity index (χ0v) is 13.8. The van der Waals surface area contributed by atoms with E-state index in [-0.39, 0.29) is 17.5 Å². The van der Waals surface area contributed by atoms with E-state index in [1.165, 1.54) is 6.42 Å². The Labute approximate surface area is 127 Å². The highest BCUT2D eigenvalue weighted by molar-refractivity contribution is 5.82. The van der Waals surface area contributed by atoms with Gasteiger partial charge in [-0.2, -0.15) is 0 Å². The number of nitrogens with zero attached hydrogens (tertiary/aromatic N) is 2. The third-order valence-electron chi connectivity index (χ3n) is 4.41. The molecule has 0 bridgehead atoms. The van der Waals surface area contributed by atoms with Crippen molar-refractivity contribution in [2.24, 2.45) is 5.92 Å². The van der Waals surface area contributed by atoms with Crippen molar-refractivity contribution in [2.75, 3.05) is 27.7 Å². The van der Waals surface area contributed by atoms with Gasteiger partial charge in [-0.3, -0.25) is 0 Å². The van der Waals surface area contributed by atoms with Crippen molar-refractivity contribution in [2.45, 2.75) is 51.1 Å². The van der Waals surface area contributed by atoms with E-state index in [4.69, 9.17) is 0 Å². The number of likely N-dealkylation sites (N-methyl/N-ethyl adjacent to an activating group) is 2. The largest absolute Gasteiger partial charge is 0.480 e. The molecule has 122 valence electrons. The van der Waals surface area contributed by atoms with Crippen LogP contribution in [0.15, 0.2) is 0 Å². The molecule has 0 aromatic rings. The third kappa shape index (κ3) is 4.59. The van der Waals surface area contributed by atoms with Gasteiger partial charge in [0, 0.05) is 19.1 Å². The molecular weight excluding hydrogens is 270 g/mol. The Kier molecular flexibility index (Phi) is 6.01. The number of carbonyl (C=O) groups excluding carboxylic acids is 1. The van der Waals surface area contributed by atoms with Gasteiger partial charge in [-0.1, -0.05) is 13.8 Å². The van der Waals surface area contributed by atoms with E-state index in [2.05, 4.69) is 10.2 Å². The second-order valence-corrected chi connectivity index (χ2v) is 6.80. The minimum absolute atomic E-state index is 0.0445. The van der Waals surface area contributed by atoms with Crippen LogP contribution in [0.2, 0.25) is 0 Å². The van der Waals surface area contributed by atoms with E-state index < -0.39 is 12.0 Å². The second-order valence-electron chi connectivity index (χ2n) is 6.80. The van der Waals surface area contributed by atoms with Gasteiger partial charge in [0.2, 0.25) is 0 Å². The Bertz CT molecular complexity index is 378. The fourth-order valence-corrected chi connectivity index (χ4v) is 2.80. The maximum Gasteiger partial charge on any atom is 0.326 e. The molecule has 21 heavy (non-hydrogen) atoms. The lowest BCUT2D eigenvalue weighted by Crippen LogP contribution is -2.59. The summed E-state index contributed by atoms with van der Waals surface area (Å²) < 4.78 is 0. The van der Waals surface area contributed by atoms with Crippen LogP contribution >= 0.6 is 0 Å². The quantitative estimate of drug-likeness (QED) is 0.749. The topological polar surface area (TPSA) is 72.9 Å². The van der Waals surface area contributed by atoms with Crippen molar-refractivity contribution in [3.8, 4) is 0 Å². The number of urea groups is 1. The summed E-state index contributed by atoms with van der Waals surface area (Å²) in [6.45, 7) is 4.52. The first kappa shape index (κ1) is 17.8. The summed E-state index contributed by atoms with van der Waals surface area (Å²) in [6.07, 6.45) is 3.77. The van der Waals surface area contributed by atoms with Crippen LogP contribution in [0.5, 0.6) is 0 Å². The van der Waals surface area contributed by atoms with Crippen LogP contribution in [0.4, 0.5) is 4.79 Å². The Morgan fingerprint density at radius 2 is 1.81 bits per heavy atom. The van der Waals surface area contributed by atoms with Gasteiger partial charge in [0.1, 0.15) is 6.04 Å². The van der Waals surface area contributed by atoms with Crippen LogP contribution in [0.1, 0.15) is 39.5 Å². The molecule has 1 fully saturated rings. The average Bonchev–Trinajstić information content (AvgIpc) is 2.31. The molecular formula is C15H29N3O3. The molecule has 2 amide bonds. The molecule has 0 saturated heterocycles. The molecule has 1 aliphatic rings. The summed E-state index contributed by atoms with van der Waals surface area (Å²) in [5.74, 6) is -0.757. The molecule has 0 heterocycles. The number of carboxylic acids is 1. The number of hydrogen-bond donors (Lipinski definition) is 2. The third-order valence-corrected chi connectivity index (χ3v) is 4.41. The summed E-state index contributed by atoms with van der Waals surface area (Å²) >= 11 is 0. The van der Waals surface area contributed by atoms with Crippen LogP contribution in [0, 0.1) is 5.92 Å².